The molecule has 80 valence electrons. The number of methoxy groups -OCH3 is 1. The Labute approximate surface area is 90.1 Å². The Balaban J connectivity index is 2.41. The van der Waals surface area contributed by atoms with Crippen molar-refractivity contribution in [3.63, 3.8) is 0 Å². The molecule has 0 aliphatic heterocycles. The molecule has 0 saturated carbocycles. The summed E-state index contributed by atoms with van der Waals surface area (Å²) in [5.41, 5.74) is 7.43. The van der Waals surface area contributed by atoms with Crippen LogP contribution in [0, 0.1) is 0 Å². The third-order valence-electron chi connectivity index (χ3n) is 2.63. The Morgan fingerprint density at radius 2 is 2.36 bits per heavy atom. The molecule has 3 heteroatoms. The van der Waals surface area contributed by atoms with E-state index in [1.807, 2.05) is 0 Å². The van der Waals surface area contributed by atoms with Crippen LogP contribution in [0.3, 0.4) is 0 Å². The molecule has 1 rings (SSSR count). The molecule has 1 atom stereocenters. The highest BCUT2D eigenvalue weighted by Crippen LogP contribution is 2.17. The van der Waals surface area contributed by atoms with Gasteiger partial charge in [-0.3, -0.25) is 0 Å². The van der Waals surface area contributed by atoms with E-state index in [0.29, 0.717) is 6.61 Å². The highest BCUT2D eigenvalue weighted by Gasteiger charge is 2.22. The van der Waals surface area contributed by atoms with Crippen LogP contribution in [0.5, 0.6) is 0 Å². The highest BCUT2D eigenvalue weighted by molar-refractivity contribution is 7.07. The lowest BCUT2D eigenvalue weighted by atomic mass is 9.91. The number of ether oxygens (including phenoxy) is 1. The summed E-state index contributed by atoms with van der Waals surface area (Å²) < 4.78 is 5.15. The van der Waals surface area contributed by atoms with Gasteiger partial charge >= 0.3 is 0 Å². The molecule has 0 bridgehead atoms. The summed E-state index contributed by atoms with van der Waals surface area (Å²) in [5, 5.41) is 4.29. The van der Waals surface area contributed by atoms with Gasteiger partial charge in [0.15, 0.2) is 0 Å². The number of aryl methyl sites for hydroxylation is 1. The molecule has 0 radical (unpaired) electrons. The van der Waals surface area contributed by atoms with Gasteiger partial charge in [0.2, 0.25) is 0 Å². The first-order chi connectivity index (χ1) is 6.70. The molecule has 1 aromatic heterocycles. The second-order valence-electron chi connectivity index (χ2n) is 3.78. The van der Waals surface area contributed by atoms with Crippen molar-refractivity contribution in [1.29, 1.82) is 0 Å². The molecule has 14 heavy (non-hydrogen) atoms. The molecular weight excluding hydrogens is 194 g/mol. The molecule has 0 aliphatic carbocycles. The van der Waals surface area contributed by atoms with Gasteiger partial charge in [-0.25, -0.2) is 0 Å². The number of hydrogen-bond donors (Lipinski definition) is 1. The fraction of sp³-hybridized carbons (Fsp3) is 0.636. The van der Waals surface area contributed by atoms with Crippen LogP contribution in [-0.2, 0) is 11.2 Å². The molecule has 0 aliphatic rings. The van der Waals surface area contributed by atoms with E-state index < -0.39 is 0 Å². The van der Waals surface area contributed by atoms with Gasteiger partial charge in [0.1, 0.15) is 0 Å². The topological polar surface area (TPSA) is 35.2 Å². The maximum Gasteiger partial charge on any atom is 0.0642 e. The van der Waals surface area contributed by atoms with Gasteiger partial charge in [-0.2, -0.15) is 11.3 Å². The van der Waals surface area contributed by atoms with E-state index in [9.17, 15) is 0 Å². The first-order valence-corrected chi connectivity index (χ1v) is 5.93. The van der Waals surface area contributed by atoms with Crippen molar-refractivity contribution in [2.24, 2.45) is 5.73 Å². The number of hydrogen-bond acceptors (Lipinski definition) is 3. The molecule has 2 N–H and O–H groups in total. The average Bonchev–Trinajstić information content (AvgIpc) is 2.68. The summed E-state index contributed by atoms with van der Waals surface area (Å²) in [6.45, 7) is 2.76. The fourth-order valence-corrected chi connectivity index (χ4v) is 2.17. The molecule has 0 saturated heterocycles. The van der Waals surface area contributed by atoms with Crippen molar-refractivity contribution in [2.75, 3.05) is 13.7 Å². The average molecular weight is 213 g/mol. The lowest BCUT2D eigenvalue weighted by molar-refractivity contribution is 0.124. The maximum absolute atomic E-state index is 6.20. The van der Waals surface area contributed by atoms with Gasteiger partial charge < -0.3 is 10.5 Å². The third-order valence-corrected chi connectivity index (χ3v) is 3.36. The Bertz CT molecular complexity index is 248. The fourth-order valence-electron chi connectivity index (χ4n) is 1.47. The molecule has 0 spiro atoms. The van der Waals surface area contributed by atoms with Gasteiger partial charge in [-0.1, -0.05) is 6.92 Å². The summed E-state index contributed by atoms with van der Waals surface area (Å²) in [7, 11) is 1.71. The first-order valence-electron chi connectivity index (χ1n) is 4.99. The quantitative estimate of drug-likeness (QED) is 0.787. The van der Waals surface area contributed by atoms with Crippen LogP contribution >= 0.6 is 11.3 Å². The highest BCUT2D eigenvalue weighted by atomic mass is 32.1. The van der Waals surface area contributed by atoms with E-state index in [0.717, 1.165) is 19.3 Å². The van der Waals surface area contributed by atoms with Crippen LogP contribution in [0.2, 0.25) is 0 Å². The molecular formula is C11H19NOS. The minimum Gasteiger partial charge on any atom is -0.383 e. The van der Waals surface area contributed by atoms with Gasteiger partial charge in [0, 0.05) is 12.6 Å². The van der Waals surface area contributed by atoms with Crippen molar-refractivity contribution < 1.29 is 4.74 Å². The van der Waals surface area contributed by atoms with Crippen LogP contribution < -0.4 is 5.73 Å². The predicted molar refractivity (Wildman–Crippen MR) is 61.7 cm³/mol. The zero-order valence-corrected chi connectivity index (χ0v) is 9.77. The van der Waals surface area contributed by atoms with Crippen LogP contribution in [0.15, 0.2) is 16.8 Å². The molecule has 2 nitrogen and oxygen atoms in total. The van der Waals surface area contributed by atoms with Gasteiger partial charge in [-0.15, -0.1) is 0 Å². The van der Waals surface area contributed by atoms with E-state index in [2.05, 4.69) is 23.8 Å². The Morgan fingerprint density at radius 1 is 1.57 bits per heavy atom. The first kappa shape index (κ1) is 11.7. The molecule has 1 heterocycles. The number of nitrogens with two attached hydrogens (primary N) is 1. The molecule has 1 unspecified atom stereocenters. The van der Waals surface area contributed by atoms with Gasteiger partial charge in [0.05, 0.1) is 6.61 Å². The number of thiophene rings is 1. The van der Waals surface area contributed by atoms with Crippen molar-refractivity contribution >= 4 is 11.3 Å². The van der Waals surface area contributed by atoms with E-state index in [1.54, 1.807) is 18.4 Å². The van der Waals surface area contributed by atoms with Crippen LogP contribution in [0.25, 0.3) is 0 Å². The van der Waals surface area contributed by atoms with Crippen molar-refractivity contribution in [3.8, 4) is 0 Å². The second kappa shape index (κ2) is 5.49. The van der Waals surface area contributed by atoms with Crippen LogP contribution in [0.4, 0.5) is 0 Å². The lowest BCUT2D eigenvalue weighted by Gasteiger charge is -2.27. The van der Waals surface area contributed by atoms with Crippen molar-refractivity contribution in [3.05, 3.63) is 22.4 Å². The second-order valence-corrected chi connectivity index (χ2v) is 4.56. The monoisotopic (exact) mass is 213 g/mol. The minimum atomic E-state index is -0.156. The largest absolute Gasteiger partial charge is 0.383 e. The van der Waals surface area contributed by atoms with E-state index >= 15 is 0 Å². The Kier molecular flexibility index (Phi) is 4.58. The summed E-state index contributed by atoms with van der Waals surface area (Å²) in [6.07, 6.45) is 3.01. The van der Waals surface area contributed by atoms with Gasteiger partial charge in [0.25, 0.3) is 0 Å². The van der Waals surface area contributed by atoms with Crippen LogP contribution in [0.1, 0.15) is 25.3 Å². The SMILES string of the molecule is CCC(N)(CCc1ccsc1)COC. The molecule has 0 aromatic carbocycles. The zero-order chi connectivity index (χ0) is 10.4. The Hall–Kier alpha value is -0.380. The van der Waals surface area contributed by atoms with E-state index in [1.165, 1.54) is 5.56 Å². The summed E-state index contributed by atoms with van der Waals surface area (Å²) >= 11 is 1.74. The third kappa shape index (κ3) is 3.40. The normalized spacial score (nSPS) is 15.4. The standard InChI is InChI=1S/C11H19NOS/c1-3-11(12,9-13-2)6-4-10-5-7-14-8-10/h5,7-8H,3-4,6,9,12H2,1-2H3. The summed E-state index contributed by atoms with van der Waals surface area (Å²) in [5.74, 6) is 0. The lowest BCUT2D eigenvalue weighted by Crippen LogP contribution is -2.44. The van der Waals surface area contributed by atoms with Crippen molar-refractivity contribution in [2.45, 2.75) is 31.7 Å². The molecule has 1 aromatic rings. The van der Waals surface area contributed by atoms with E-state index in [-0.39, 0.29) is 5.54 Å². The summed E-state index contributed by atoms with van der Waals surface area (Å²) in [6, 6.07) is 2.16. The van der Waals surface area contributed by atoms with Crippen molar-refractivity contribution in [1.82, 2.24) is 0 Å². The van der Waals surface area contributed by atoms with Gasteiger partial charge in [-0.05, 0) is 41.7 Å². The predicted octanol–water partition coefficient (Wildman–Crippen LogP) is 2.43. The molecule has 0 amide bonds. The van der Waals surface area contributed by atoms with E-state index in [4.69, 9.17) is 10.5 Å². The maximum atomic E-state index is 6.20. The van der Waals surface area contributed by atoms with Crippen LogP contribution in [-0.4, -0.2) is 19.3 Å². The zero-order valence-electron chi connectivity index (χ0n) is 8.95. The molecule has 0 fully saturated rings. The summed E-state index contributed by atoms with van der Waals surface area (Å²) in [4.78, 5) is 0. The number of rotatable bonds is 6. The smallest absolute Gasteiger partial charge is 0.0642 e. The Morgan fingerprint density at radius 3 is 2.86 bits per heavy atom. The minimum absolute atomic E-state index is 0.156.